The molecule has 0 spiro atoms. The molecule has 0 aliphatic rings. The Hall–Kier alpha value is -0.860. The summed E-state index contributed by atoms with van der Waals surface area (Å²) in [7, 11) is 0. The van der Waals surface area contributed by atoms with Crippen LogP contribution in [0.3, 0.4) is 0 Å². The van der Waals surface area contributed by atoms with Crippen molar-refractivity contribution in [2.75, 3.05) is 5.88 Å². The minimum Gasteiger partial charge on any atom is -0.207 e. The normalized spacial score (nSPS) is 14.0. The molecule has 2 aromatic rings. The first kappa shape index (κ1) is 15.5. The molecule has 106 valence electrons. The summed E-state index contributed by atoms with van der Waals surface area (Å²) in [6.07, 6.45) is 1.62. The van der Waals surface area contributed by atoms with E-state index in [2.05, 4.69) is 35.0 Å². The summed E-state index contributed by atoms with van der Waals surface area (Å²) in [5.41, 5.74) is 1.99. The van der Waals surface area contributed by atoms with Crippen LogP contribution in [0.1, 0.15) is 24.5 Å². The van der Waals surface area contributed by atoms with Gasteiger partial charge in [-0.25, -0.2) is 4.39 Å². The molecule has 0 saturated carbocycles. The number of hydrogen-bond acceptors (Lipinski definition) is 0. The molecular weight excluding hydrogens is 339 g/mol. The van der Waals surface area contributed by atoms with Gasteiger partial charge in [-0.1, -0.05) is 53.2 Å². The summed E-state index contributed by atoms with van der Waals surface area (Å²) in [6, 6.07) is 15.0. The van der Waals surface area contributed by atoms with Gasteiger partial charge >= 0.3 is 0 Å². The number of halogens is 3. The molecule has 0 heterocycles. The molecule has 0 amide bonds. The Kier molecular flexibility index (Phi) is 5.22. The van der Waals surface area contributed by atoms with Gasteiger partial charge in [0.25, 0.3) is 0 Å². The summed E-state index contributed by atoms with van der Waals surface area (Å²) in [5, 5.41) is 0. The maximum atomic E-state index is 13.5. The van der Waals surface area contributed by atoms with E-state index >= 15 is 0 Å². The fourth-order valence-electron chi connectivity index (χ4n) is 2.49. The third-order valence-electron chi connectivity index (χ3n) is 3.86. The van der Waals surface area contributed by atoms with Crippen molar-refractivity contribution < 1.29 is 4.39 Å². The minimum absolute atomic E-state index is 0.168. The molecular formula is C17H17BrClF. The molecule has 0 saturated heterocycles. The van der Waals surface area contributed by atoms with E-state index in [0.29, 0.717) is 5.88 Å². The first-order chi connectivity index (χ1) is 9.61. The van der Waals surface area contributed by atoms with Gasteiger partial charge in [0.05, 0.1) is 0 Å². The fourth-order valence-corrected chi connectivity index (χ4v) is 3.31. The van der Waals surface area contributed by atoms with Crippen molar-refractivity contribution >= 4 is 27.5 Å². The van der Waals surface area contributed by atoms with Crippen LogP contribution in [0.2, 0.25) is 0 Å². The second-order valence-electron chi connectivity index (χ2n) is 5.05. The molecule has 1 unspecified atom stereocenters. The lowest BCUT2D eigenvalue weighted by atomic mass is 9.75. The van der Waals surface area contributed by atoms with Crippen molar-refractivity contribution in [3.05, 3.63) is 69.9 Å². The van der Waals surface area contributed by atoms with Gasteiger partial charge in [0.1, 0.15) is 5.82 Å². The van der Waals surface area contributed by atoms with Crippen LogP contribution in [0.25, 0.3) is 0 Å². The molecule has 2 rings (SSSR count). The highest BCUT2D eigenvalue weighted by atomic mass is 79.9. The maximum Gasteiger partial charge on any atom is 0.123 e. The standard InChI is InChI=1S/C17H17BrClF/c1-2-17(12-19,14-6-4-3-5-7-14)11-13-10-15(20)8-9-16(13)18/h3-10H,2,11-12H2,1H3. The molecule has 0 bridgehead atoms. The van der Waals surface area contributed by atoms with Crippen molar-refractivity contribution in [1.29, 1.82) is 0 Å². The van der Waals surface area contributed by atoms with E-state index in [1.807, 2.05) is 18.2 Å². The monoisotopic (exact) mass is 354 g/mol. The molecule has 2 aromatic carbocycles. The second kappa shape index (κ2) is 6.73. The Labute approximate surface area is 133 Å². The van der Waals surface area contributed by atoms with Crippen LogP contribution in [-0.2, 0) is 11.8 Å². The van der Waals surface area contributed by atoms with Crippen molar-refractivity contribution in [2.45, 2.75) is 25.2 Å². The average Bonchev–Trinajstić information content (AvgIpc) is 2.49. The smallest absolute Gasteiger partial charge is 0.123 e. The van der Waals surface area contributed by atoms with Gasteiger partial charge in [-0.15, -0.1) is 11.6 Å². The zero-order valence-electron chi connectivity index (χ0n) is 11.4. The first-order valence-electron chi connectivity index (χ1n) is 6.67. The molecule has 0 fully saturated rings. The molecule has 1 atom stereocenters. The van der Waals surface area contributed by atoms with Crippen molar-refractivity contribution in [3.8, 4) is 0 Å². The van der Waals surface area contributed by atoms with Crippen LogP contribution in [-0.4, -0.2) is 5.88 Å². The van der Waals surface area contributed by atoms with Crippen LogP contribution in [0, 0.1) is 5.82 Å². The van der Waals surface area contributed by atoms with Gasteiger partial charge in [0.15, 0.2) is 0 Å². The zero-order valence-corrected chi connectivity index (χ0v) is 13.7. The minimum atomic E-state index is -0.212. The van der Waals surface area contributed by atoms with Crippen LogP contribution in [0.15, 0.2) is 53.0 Å². The zero-order chi connectivity index (χ0) is 14.6. The largest absolute Gasteiger partial charge is 0.207 e. The molecule has 3 heteroatoms. The Morgan fingerprint density at radius 1 is 1.15 bits per heavy atom. The van der Waals surface area contributed by atoms with Crippen LogP contribution in [0.5, 0.6) is 0 Å². The molecule has 0 N–H and O–H groups in total. The van der Waals surface area contributed by atoms with E-state index in [0.717, 1.165) is 22.9 Å². The van der Waals surface area contributed by atoms with Crippen molar-refractivity contribution in [3.63, 3.8) is 0 Å². The third kappa shape index (κ3) is 3.24. The number of rotatable bonds is 5. The Bertz CT molecular complexity index is 564. The molecule has 0 nitrogen and oxygen atoms in total. The molecule has 0 radical (unpaired) electrons. The Morgan fingerprint density at radius 3 is 2.45 bits per heavy atom. The maximum absolute atomic E-state index is 13.5. The van der Waals surface area contributed by atoms with Gasteiger partial charge in [0, 0.05) is 15.8 Å². The number of alkyl halides is 1. The van der Waals surface area contributed by atoms with E-state index in [1.54, 1.807) is 12.1 Å². The predicted octanol–water partition coefficient (Wildman–Crippen LogP) is 5.72. The van der Waals surface area contributed by atoms with Crippen molar-refractivity contribution in [1.82, 2.24) is 0 Å². The quantitative estimate of drug-likeness (QED) is 0.602. The highest BCUT2D eigenvalue weighted by Gasteiger charge is 2.30. The highest BCUT2D eigenvalue weighted by molar-refractivity contribution is 9.10. The SMILES string of the molecule is CCC(CCl)(Cc1cc(F)ccc1Br)c1ccccc1. The lowest BCUT2D eigenvalue weighted by molar-refractivity contribution is 0.456. The van der Waals surface area contributed by atoms with Gasteiger partial charge in [-0.3, -0.25) is 0 Å². The number of hydrogen-bond donors (Lipinski definition) is 0. The Balaban J connectivity index is 2.42. The van der Waals surface area contributed by atoms with E-state index in [-0.39, 0.29) is 11.2 Å². The predicted molar refractivity (Wildman–Crippen MR) is 86.9 cm³/mol. The summed E-state index contributed by atoms with van der Waals surface area (Å²) >= 11 is 9.80. The lowest BCUT2D eigenvalue weighted by Gasteiger charge is -2.32. The molecule has 0 aliphatic heterocycles. The van der Waals surface area contributed by atoms with Crippen molar-refractivity contribution in [2.24, 2.45) is 0 Å². The third-order valence-corrected chi connectivity index (χ3v) is 5.14. The van der Waals surface area contributed by atoms with Crippen LogP contribution >= 0.6 is 27.5 Å². The van der Waals surface area contributed by atoms with Gasteiger partial charge in [-0.05, 0) is 42.2 Å². The van der Waals surface area contributed by atoms with E-state index in [1.165, 1.54) is 11.6 Å². The molecule has 0 aromatic heterocycles. The summed E-state index contributed by atoms with van der Waals surface area (Å²) in [4.78, 5) is 0. The highest BCUT2D eigenvalue weighted by Crippen LogP contribution is 2.35. The lowest BCUT2D eigenvalue weighted by Crippen LogP contribution is -2.30. The molecule has 0 aliphatic carbocycles. The van der Waals surface area contributed by atoms with E-state index < -0.39 is 0 Å². The summed E-state index contributed by atoms with van der Waals surface area (Å²) in [6.45, 7) is 2.13. The van der Waals surface area contributed by atoms with Crippen LogP contribution in [0.4, 0.5) is 4.39 Å². The Morgan fingerprint density at radius 2 is 1.85 bits per heavy atom. The van der Waals surface area contributed by atoms with E-state index in [4.69, 9.17) is 11.6 Å². The summed E-state index contributed by atoms with van der Waals surface area (Å²) < 4.78 is 14.4. The van der Waals surface area contributed by atoms with Gasteiger partial charge < -0.3 is 0 Å². The second-order valence-corrected chi connectivity index (χ2v) is 6.17. The van der Waals surface area contributed by atoms with Gasteiger partial charge in [0.2, 0.25) is 0 Å². The first-order valence-corrected chi connectivity index (χ1v) is 7.99. The number of benzene rings is 2. The summed E-state index contributed by atoms with van der Waals surface area (Å²) in [5.74, 6) is 0.298. The molecule has 20 heavy (non-hydrogen) atoms. The van der Waals surface area contributed by atoms with Crippen LogP contribution < -0.4 is 0 Å². The fraction of sp³-hybridized carbons (Fsp3) is 0.294. The van der Waals surface area contributed by atoms with Gasteiger partial charge in [-0.2, -0.15) is 0 Å². The van der Waals surface area contributed by atoms with E-state index in [9.17, 15) is 4.39 Å². The topological polar surface area (TPSA) is 0 Å². The average molecular weight is 356 g/mol.